The Hall–Kier alpha value is -2.27. The van der Waals surface area contributed by atoms with Gasteiger partial charge in [0.15, 0.2) is 0 Å². The van der Waals surface area contributed by atoms with E-state index in [1.165, 1.54) is 18.2 Å². The summed E-state index contributed by atoms with van der Waals surface area (Å²) in [6.45, 7) is 6.50. The molecule has 1 amide bonds. The minimum absolute atomic E-state index is 0.165. The summed E-state index contributed by atoms with van der Waals surface area (Å²) < 4.78 is 26.4. The molecule has 0 spiro atoms. The monoisotopic (exact) mass is 414 g/mol. The fourth-order valence-corrected chi connectivity index (χ4v) is 4.26. The van der Waals surface area contributed by atoms with Crippen molar-refractivity contribution in [2.75, 3.05) is 32.7 Å². The zero-order valence-electron chi connectivity index (χ0n) is 17.8. The number of hydrogen-bond acceptors (Lipinski definition) is 2. The van der Waals surface area contributed by atoms with Crippen LogP contribution in [0.2, 0.25) is 0 Å². The summed E-state index contributed by atoms with van der Waals surface area (Å²) in [6.07, 6.45) is 4.21. The number of benzene rings is 2. The second kappa shape index (κ2) is 11.2. The predicted molar refractivity (Wildman–Crippen MR) is 116 cm³/mol. The van der Waals surface area contributed by atoms with E-state index in [2.05, 4.69) is 4.90 Å². The van der Waals surface area contributed by atoms with Gasteiger partial charge >= 0.3 is 0 Å². The molecule has 0 bridgehead atoms. The summed E-state index contributed by atoms with van der Waals surface area (Å²) in [5.41, 5.74) is 2.02. The van der Waals surface area contributed by atoms with Gasteiger partial charge in [-0.2, -0.15) is 0 Å². The van der Waals surface area contributed by atoms with Crippen molar-refractivity contribution < 1.29 is 13.6 Å². The van der Waals surface area contributed by atoms with Gasteiger partial charge < -0.3 is 9.80 Å². The maximum absolute atomic E-state index is 13.4. The fourth-order valence-electron chi connectivity index (χ4n) is 4.26. The van der Waals surface area contributed by atoms with Gasteiger partial charge in [-0.25, -0.2) is 8.78 Å². The van der Waals surface area contributed by atoms with E-state index >= 15 is 0 Å². The number of halogens is 2. The standard InChI is InChI=1S/C25H32F2N2O/c1-2-29(25(30)13-10-20-8-11-23(26)12-9-20)19-22-6-4-15-28(18-22)16-14-21-5-3-7-24(27)17-21/h3,5,7-9,11-12,17,22H,2,4,6,10,13-16,18-19H2,1H3/t22-/m0/s1. The van der Waals surface area contributed by atoms with Crippen molar-refractivity contribution in [3.05, 3.63) is 71.3 Å². The van der Waals surface area contributed by atoms with E-state index in [0.717, 1.165) is 56.6 Å². The van der Waals surface area contributed by atoms with Gasteiger partial charge in [0.25, 0.3) is 0 Å². The molecule has 162 valence electrons. The van der Waals surface area contributed by atoms with Crippen molar-refractivity contribution in [2.24, 2.45) is 5.92 Å². The van der Waals surface area contributed by atoms with Crippen LogP contribution in [0.15, 0.2) is 48.5 Å². The molecule has 30 heavy (non-hydrogen) atoms. The van der Waals surface area contributed by atoms with Gasteiger partial charge in [0.2, 0.25) is 5.91 Å². The highest BCUT2D eigenvalue weighted by Crippen LogP contribution is 2.19. The minimum atomic E-state index is -0.250. The van der Waals surface area contributed by atoms with E-state index in [-0.39, 0.29) is 17.5 Å². The Labute approximate surface area is 178 Å². The van der Waals surface area contributed by atoms with E-state index in [0.29, 0.717) is 25.3 Å². The maximum atomic E-state index is 13.4. The van der Waals surface area contributed by atoms with Crippen molar-refractivity contribution in [3.8, 4) is 0 Å². The van der Waals surface area contributed by atoms with Crippen LogP contribution in [-0.4, -0.2) is 48.4 Å². The Morgan fingerprint density at radius 3 is 2.60 bits per heavy atom. The Balaban J connectivity index is 1.45. The number of piperidine rings is 1. The molecule has 1 heterocycles. The SMILES string of the molecule is CCN(C[C@H]1CCCN(CCc2cccc(F)c2)C1)C(=O)CCc1ccc(F)cc1. The first kappa shape index (κ1) is 22.4. The van der Waals surface area contributed by atoms with Gasteiger partial charge in [-0.15, -0.1) is 0 Å². The molecule has 1 atom stereocenters. The number of aryl methyl sites for hydroxylation is 1. The molecule has 0 unspecified atom stereocenters. The number of carbonyl (C=O) groups is 1. The Bertz CT molecular complexity index is 809. The number of nitrogens with zero attached hydrogens (tertiary/aromatic N) is 2. The highest BCUT2D eigenvalue weighted by atomic mass is 19.1. The first-order chi connectivity index (χ1) is 14.5. The third-order valence-electron chi connectivity index (χ3n) is 5.96. The molecule has 0 aliphatic carbocycles. The topological polar surface area (TPSA) is 23.6 Å². The number of hydrogen-bond donors (Lipinski definition) is 0. The molecule has 3 nitrogen and oxygen atoms in total. The van der Waals surface area contributed by atoms with Gasteiger partial charge in [-0.3, -0.25) is 4.79 Å². The molecule has 0 N–H and O–H groups in total. The number of carbonyl (C=O) groups excluding carboxylic acids is 1. The third kappa shape index (κ3) is 6.91. The normalized spacial score (nSPS) is 17.1. The van der Waals surface area contributed by atoms with E-state index in [1.807, 2.05) is 17.9 Å². The zero-order valence-corrected chi connectivity index (χ0v) is 17.8. The Morgan fingerprint density at radius 2 is 1.87 bits per heavy atom. The van der Waals surface area contributed by atoms with Crippen LogP contribution in [-0.2, 0) is 17.6 Å². The van der Waals surface area contributed by atoms with Gasteiger partial charge in [0, 0.05) is 32.6 Å². The number of amides is 1. The van der Waals surface area contributed by atoms with Crippen LogP contribution in [0.1, 0.15) is 37.3 Å². The van der Waals surface area contributed by atoms with Gasteiger partial charge in [-0.05, 0) is 80.5 Å². The zero-order chi connectivity index (χ0) is 21.3. The molecule has 1 fully saturated rings. The lowest BCUT2D eigenvalue weighted by Gasteiger charge is -2.35. The molecule has 5 heteroatoms. The highest BCUT2D eigenvalue weighted by Gasteiger charge is 2.23. The molecule has 0 aromatic heterocycles. The quantitative estimate of drug-likeness (QED) is 0.594. The van der Waals surface area contributed by atoms with Gasteiger partial charge in [-0.1, -0.05) is 24.3 Å². The third-order valence-corrected chi connectivity index (χ3v) is 5.96. The summed E-state index contributed by atoms with van der Waals surface area (Å²) in [4.78, 5) is 17.1. The van der Waals surface area contributed by atoms with Gasteiger partial charge in [0.1, 0.15) is 11.6 Å². The highest BCUT2D eigenvalue weighted by molar-refractivity contribution is 5.76. The Morgan fingerprint density at radius 1 is 1.07 bits per heavy atom. The molecule has 3 rings (SSSR count). The first-order valence-corrected chi connectivity index (χ1v) is 11.0. The molecule has 1 aliphatic rings. The lowest BCUT2D eigenvalue weighted by Crippen LogP contribution is -2.43. The van der Waals surface area contributed by atoms with Crippen LogP contribution >= 0.6 is 0 Å². The molecule has 2 aromatic carbocycles. The van der Waals surface area contributed by atoms with Crippen LogP contribution in [0.25, 0.3) is 0 Å². The molecule has 0 saturated carbocycles. The molecule has 0 radical (unpaired) electrons. The Kier molecular flexibility index (Phi) is 8.38. The van der Waals surface area contributed by atoms with E-state index < -0.39 is 0 Å². The van der Waals surface area contributed by atoms with Crippen molar-refractivity contribution in [2.45, 2.75) is 39.0 Å². The van der Waals surface area contributed by atoms with E-state index in [4.69, 9.17) is 0 Å². The largest absolute Gasteiger partial charge is 0.343 e. The number of rotatable bonds is 9. The van der Waals surface area contributed by atoms with E-state index in [9.17, 15) is 13.6 Å². The van der Waals surface area contributed by atoms with Crippen LogP contribution < -0.4 is 0 Å². The predicted octanol–water partition coefficient (Wildman–Crippen LogP) is 4.70. The van der Waals surface area contributed by atoms with Crippen LogP contribution in [0, 0.1) is 17.6 Å². The summed E-state index contributed by atoms with van der Waals surface area (Å²) in [6, 6.07) is 13.2. The lowest BCUT2D eigenvalue weighted by atomic mass is 9.96. The van der Waals surface area contributed by atoms with Gasteiger partial charge in [0.05, 0.1) is 0 Å². The molecular weight excluding hydrogens is 382 g/mol. The second-order valence-electron chi connectivity index (χ2n) is 8.25. The molecular formula is C25H32F2N2O. The van der Waals surface area contributed by atoms with Crippen molar-refractivity contribution in [1.29, 1.82) is 0 Å². The average Bonchev–Trinajstić information content (AvgIpc) is 2.76. The van der Waals surface area contributed by atoms with Crippen LogP contribution in [0.4, 0.5) is 8.78 Å². The minimum Gasteiger partial charge on any atom is -0.343 e. The summed E-state index contributed by atoms with van der Waals surface area (Å²) in [5.74, 6) is 0.209. The molecule has 2 aromatic rings. The average molecular weight is 415 g/mol. The molecule has 1 aliphatic heterocycles. The van der Waals surface area contributed by atoms with Crippen molar-refractivity contribution in [1.82, 2.24) is 9.80 Å². The summed E-state index contributed by atoms with van der Waals surface area (Å²) in [7, 11) is 0. The van der Waals surface area contributed by atoms with E-state index in [1.54, 1.807) is 24.3 Å². The van der Waals surface area contributed by atoms with Crippen LogP contribution in [0.3, 0.4) is 0 Å². The van der Waals surface area contributed by atoms with Crippen LogP contribution in [0.5, 0.6) is 0 Å². The van der Waals surface area contributed by atoms with Crippen molar-refractivity contribution in [3.63, 3.8) is 0 Å². The smallest absolute Gasteiger partial charge is 0.222 e. The fraction of sp³-hybridized carbons (Fsp3) is 0.480. The maximum Gasteiger partial charge on any atom is 0.222 e. The summed E-state index contributed by atoms with van der Waals surface area (Å²) >= 11 is 0. The molecule has 1 saturated heterocycles. The lowest BCUT2D eigenvalue weighted by molar-refractivity contribution is -0.131. The summed E-state index contributed by atoms with van der Waals surface area (Å²) in [5, 5.41) is 0. The number of likely N-dealkylation sites (tertiary alicyclic amines) is 1. The van der Waals surface area contributed by atoms with Crippen molar-refractivity contribution >= 4 is 5.91 Å². The first-order valence-electron chi connectivity index (χ1n) is 11.0. The second-order valence-corrected chi connectivity index (χ2v) is 8.25.